The van der Waals surface area contributed by atoms with Gasteiger partial charge in [-0.05, 0) is 43.7 Å². The minimum atomic E-state index is -0.649. The van der Waals surface area contributed by atoms with Crippen LogP contribution in [0.15, 0.2) is 48.5 Å². The molecule has 2 rings (SSSR count). The molecule has 0 fully saturated rings. The van der Waals surface area contributed by atoms with E-state index < -0.39 is 11.8 Å². The Balaban J connectivity index is 0.000000263. The molecule has 0 saturated heterocycles. The molecule has 0 radical (unpaired) electrons. The number of allylic oxidation sites excluding steroid dienone is 1. The van der Waals surface area contributed by atoms with Crippen LogP contribution in [0.5, 0.6) is 11.5 Å². The first-order chi connectivity index (χ1) is 12.4. The van der Waals surface area contributed by atoms with Crippen LogP contribution in [0.25, 0.3) is 6.08 Å². The molecular formula is C20H24N2O4. The van der Waals surface area contributed by atoms with Gasteiger partial charge in [-0.1, -0.05) is 30.4 Å². The van der Waals surface area contributed by atoms with Gasteiger partial charge < -0.3 is 20.9 Å². The number of primary amides is 2. The first-order valence-corrected chi connectivity index (χ1v) is 8.06. The van der Waals surface area contributed by atoms with Gasteiger partial charge in [-0.15, -0.1) is 0 Å². The predicted molar refractivity (Wildman–Crippen MR) is 102 cm³/mol. The standard InChI is InChI=1S/C12H16O2.C8H8N2O2/c1-4-6-10-7-8-11(14-5-2)12(9-10)13-3;9-7(11)5-3-1-2-4-6(5)8(10)12/h4,6-9H,5H2,1-3H3;1-4H,(H2,9,11)(H2,10,12)/b6-4+;. The van der Waals surface area contributed by atoms with Crippen molar-refractivity contribution in [2.75, 3.05) is 13.7 Å². The van der Waals surface area contributed by atoms with Crippen molar-refractivity contribution in [2.24, 2.45) is 11.5 Å². The maximum atomic E-state index is 10.7. The van der Waals surface area contributed by atoms with Gasteiger partial charge in [0.25, 0.3) is 0 Å². The molecule has 0 atom stereocenters. The van der Waals surface area contributed by atoms with Gasteiger partial charge in [0, 0.05) is 0 Å². The Morgan fingerprint density at radius 1 is 1.00 bits per heavy atom. The first kappa shape index (κ1) is 20.8. The Labute approximate surface area is 153 Å². The molecule has 2 aromatic rings. The van der Waals surface area contributed by atoms with E-state index in [1.165, 1.54) is 12.1 Å². The number of carbonyl (C=O) groups excluding carboxylic acids is 2. The highest BCUT2D eigenvalue weighted by Crippen LogP contribution is 2.28. The molecule has 0 heterocycles. The smallest absolute Gasteiger partial charge is 0.249 e. The number of methoxy groups -OCH3 is 1. The van der Waals surface area contributed by atoms with Crippen LogP contribution in [0.4, 0.5) is 0 Å². The van der Waals surface area contributed by atoms with Gasteiger partial charge in [-0.3, -0.25) is 9.59 Å². The molecule has 138 valence electrons. The van der Waals surface area contributed by atoms with Gasteiger partial charge in [-0.2, -0.15) is 0 Å². The Bertz CT molecular complexity index is 752. The van der Waals surface area contributed by atoms with Crippen LogP contribution in [-0.2, 0) is 0 Å². The van der Waals surface area contributed by atoms with Crippen LogP contribution in [-0.4, -0.2) is 25.5 Å². The molecule has 0 bridgehead atoms. The van der Waals surface area contributed by atoms with E-state index in [9.17, 15) is 9.59 Å². The Morgan fingerprint density at radius 2 is 1.58 bits per heavy atom. The normalized spacial score (nSPS) is 9.96. The highest BCUT2D eigenvalue weighted by molar-refractivity contribution is 6.06. The average molecular weight is 356 g/mol. The lowest BCUT2D eigenvalue weighted by Gasteiger charge is -2.09. The van der Waals surface area contributed by atoms with Crippen molar-refractivity contribution < 1.29 is 19.1 Å². The van der Waals surface area contributed by atoms with E-state index >= 15 is 0 Å². The summed E-state index contributed by atoms with van der Waals surface area (Å²) >= 11 is 0. The molecule has 6 heteroatoms. The van der Waals surface area contributed by atoms with E-state index in [2.05, 4.69) is 0 Å². The molecule has 0 aliphatic carbocycles. The monoisotopic (exact) mass is 356 g/mol. The van der Waals surface area contributed by atoms with Crippen molar-refractivity contribution in [3.63, 3.8) is 0 Å². The van der Waals surface area contributed by atoms with Crippen LogP contribution in [0, 0.1) is 0 Å². The van der Waals surface area contributed by atoms with Crippen molar-refractivity contribution in [2.45, 2.75) is 13.8 Å². The zero-order chi connectivity index (χ0) is 19.5. The molecule has 0 aliphatic rings. The summed E-state index contributed by atoms with van der Waals surface area (Å²) in [6.45, 7) is 4.60. The zero-order valence-electron chi connectivity index (χ0n) is 15.2. The number of ether oxygens (including phenoxy) is 2. The quantitative estimate of drug-likeness (QED) is 0.830. The second kappa shape index (κ2) is 10.6. The van der Waals surface area contributed by atoms with Gasteiger partial charge in [-0.25, -0.2) is 0 Å². The van der Waals surface area contributed by atoms with Crippen molar-refractivity contribution in [3.8, 4) is 11.5 Å². The summed E-state index contributed by atoms with van der Waals surface area (Å²) in [5, 5.41) is 0. The maximum Gasteiger partial charge on any atom is 0.249 e. The van der Waals surface area contributed by atoms with Crippen molar-refractivity contribution in [3.05, 3.63) is 65.2 Å². The fourth-order valence-electron chi connectivity index (χ4n) is 2.17. The summed E-state index contributed by atoms with van der Waals surface area (Å²) in [6, 6.07) is 12.1. The molecule has 26 heavy (non-hydrogen) atoms. The molecule has 4 N–H and O–H groups in total. The molecule has 6 nitrogen and oxygen atoms in total. The van der Waals surface area contributed by atoms with E-state index in [0.29, 0.717) is 6.61 Å². The van der Waals surface area contributed by atoms with Gasteiger partial charge in [0.15, 0.2) is 11.5 Å². The van der Waals surface area contributed by atoms with Crippen LogP contribution >= 0.6 is 0 Å². The van der Waals surface area contributed by atoms with E-state index in [0.717, 1.165) is 17.1 Å². The molecule has 0 saturated carbocycles. The number of amides is 2. The van der Waals surface area contributed by atoms with Crippen LogP contribution in [0.3, 0.4) is 0 Å². The maximum absolute atomic E-state index is 10.7. The SMILES string of the molecule is C/C=C/c1ccc(OCC)c(OC)c1.NC(=O)c1ccccc1C(N)=O. The highest BCUT2D eigenvalue weighted by Gasteiger charge is 2.10. The lowest BCUT2D eigenvalue weighted by Crippen LogP contribution is -2.20. The Morgan fingerprint density at radius 3 is 2.00 bits per heavy atom. The second-order valence-corrected chi connectivity index (χ2v) is 5.12. The number of hydrogen-bond acceptors (Lipinski definition) is 4. The van der Waals surface area contributed by atoms with E-state index in [1.54, 1.807) is 19.2 Å². The van der Waals surface area contributed by atoms with E-state index in [4.69, 9.17) is 20.9 Å². The van der Waals surface area contributed by atoms with Crippen LogP contribution < -0.4 is 20.9 Å². The van der Waals surface area contributed by atoms with Crippen molar-refractivity contribution >= 4 is 17.9 Å². The number of carbonyl (C=O) groups is 2. The number of hydrogen-bond donors (Lipinski definition) is 2. The topological polar surface area (TPSA) is 105 Å². The molecule has 0 spiro atoms. The highest BCUT2D eigenvalue weighted by atomic mass is 16.5. The van der Waals surface area contributed by atoms with Crippen molar-refractivity contribution in [1.82, 2.24) is 0 Å². The summed E-state index contributed by atoms with van der Waals surface area (Å²) in [7, 11) is 1.65. The minimum Gasteiger partial charge on any atom is -0.493 e. The fourth-order valence-corrected chi connectivity index (χ4v) is 2.17. The number of benzene rings is 2. The molecule has 2 amide bonds. The van der Waals surface area contributed by atoms with E-state index in [1.807, 2.05) is 44.2 Å². The van der Waals surface area contributed by atoms with E-state index in [-0.39, 0.29) is 11.1 Å². The van der Waals surface area contributed by atoms with Gasteiger partial charge >= 0.3 is 0 Å². The lowest BCUT2D eigenvalue weighted by atomic mass is 10.1. The van der Waals surface area contributed by atoms with Crippen LogP contribution in [0.2, 0.25) is 0 Å². The largest absolute Gasteiger partial charge is 0.493 e. The summed E-state index contributed by atoms with van der Waals surface area (Å²) < 4.78 is 10.6. The van der Waals surface area contributed by atoms with Gasteiger partial charge in [0.1, 0.15) is 0 Å². The lowest BCUT2D eigenvalue weighted by molar-refractivity contribution is 0.0967. The molecule has 0 aliphatic heterocycles. The van der Waals surface area contributed by atoms with Crippen LogP contribution in [0.1, 0.15) is 40.1 Å². The third kappa shape index (κ3) is 5.98. The third-order valence-electron chi connectivity index (χ3n) is 3.30. The number of rotatable bonds is 6. The Kier molecular flexibility index (Phi) is 8.43. The zero-order valence-corrected chi connectivity index (χ0v) is 15.2. The number of nitrogens with two attached hydrogens (primary N) is 2. The summed E-state index contributed by atoms with van der Waals surface area (Å²) in [4.78, 5) is 21.5. The average Bonchev–Trinajstić information content (AvgIpc) is 2.63. The molecular weight excluding hydrogens is 332 g/mol. The minimum absolute atomic E-state index is 0.157. The summed E-state index contributed by atoms with van der Waals surface area (Å²) in [6.07, 6.45) is 4.02. The second-order valence-electron chi connectivity index (χ2n) is 5.12. The first-order valence-electron chi connectivity index (χ1n) is 8.06. The summed E-state index contributed by atoms with van der Waals surface area (Å²) in [5.74, 6) is 0.277. The summed E-state index contributed by atoms with van der Waals surface area (Å²) in [5.41, 5.74) is 11.4. The third-order valence-corrected chi connectivity index (χ3v) is 3.30. The predicted octanol–water partition coefficient (Wildman–Crippen LogP) is 3.01. The molecule has 0 unspecified atom stereocenters. The molecule has 2 aromatic carbocycles. The Hall–Kier alpha value is -3.28. The fraction of sp³-hybridized carbons (Fsp3) is 0.200. The van der Waals surface area contributed by atoms with Crippen molar-refractivity contribution in [1.29, 1.82) is 0 Å². The van der Waals surface area contributed by atoms with Gasteiger partial charge in [0.05, 0.1) is 24.8 Å². The molecule has 0 aromatic heterocycles. The van der Waals surface area contributed by atoms with Gasteiger partial charge in [0.2, 0.25) is 11.8 Å².